The van der Waals surface area contributed by atoms with Crippen LogP contribution in [0, 0.1) is 5.92 Å². The highest BCUT2D eigenvalue weighted by molar-refractivity contribution is 5.88. The fourth-order valence-electron chi connectivity index (χ4n) is 3.12. The molecule has 2 rings (SSSR count). The molecule has 0 N–H and O–H groups in total. The second-order valence-electron chi connectivity index (χ2n) is 6.00. The lowest BCUT2D eigenvalue weighted by molar-refractivity contribution is -0.144. The molecule has 1 atom stereocenters. The van der Waals surface area contributed by atoms with Crippen LogP contribution in [0.25, 0.3) is 0 Å². The number of amides is 2. The fourth-order valence-corrected chi connectivity index (χ4v) is 3.12. The maximum absolute atomic E-state index is 12.6. The molecule has 4 nitrogen and oxygen atoms in total. The average molecular weight is 266 g/mol. The molecule has 19 heavy (non-hydrogen) atoms. The Hall–Kier alpha value is -1.06. The molecule has 2 saturated heterocycles. The van der Waals surface area contributed by atoms with E-state index in [0.29, 0.717) is 6.42 Å². The van der Waals surface area contributed by atoms with Gasteiger partial charge in [-0.05, 0) is 38.0 Å². The molecule has 0 radical (unpaired) electrons. The van der Waals surface area contributed by atoms with Gasteiger partial charge in [0.25, 0.3) is 0 Å². The molecule has 0 unspecified atom stereocenters. The zero-order valence-corrected chi connectivity index (χ0v) is 12.2. The summed E-state index contributed by atoms with van der Waals surface area (Å²) in [7, 11) is 0. The van der Waals surface area contributed by atoms with Gasteiger partial charge in [-0.1, -0.05) is 13.8 Å². The number of hydrogen-bond acceptors (Lipinski definition) is 2. The average Bonchev–Trinajstić information content (AvgIpc) is 2.88. The molecule has 0 bridgehead atoms. The predicted molar refractivity (Wildman–Crippen MR) is 74.6 cm³/mol. The van der Waals surface area contributed by atoms with Crippen molar-refractivity contribution in [1.29, 1.82) is 0 Å². The van der Waals surface area contributed by atoms with E-state index < -0.39 is 0 Å². The van der Waals surface area contributed by atoms with Crippen molar-refractivity contribution in [2.24, 2.45) is 5.92 Å². The third-order valence-corrected chi connectivity index (χ3v) is 4.42. The number of nitrogens with zero attached hydrogens (tertiary/aromatic N) is 2. The topological polar surface area (TPSA) is 40.6 Å². The van der Waals surface area contributed by atoms with Gasteiger partial charge >= 0.3 is 0 Å². The van der Waals surface area contributed by atoms with Crippen molar-refractivity contribution in [3.8, 4) is 0 Å². The molecule has 0 aromatic rings. The van der Waals surface area contributed by atoms with Crippen LogP contribution in [0.3, 0.4) is 0 Å². The van der Waals surface area contributed by atoms with Crippen LogP contribution < -0.4 is 0 Å². The minimum Gasteiger partial charge on any atom is -0.341 e. The Labute approximate surface area is 116 Å². The van der Waals surface area contributed by atoms with E-state index in [9.17, 15) is 9.59 Å². The van der Waals surface area contributed by atoms with Gasteiger partial charge < -0.3 is 9.80 Å². The van der Waals surface area contributed by atoms with Crippen molar-refractivity contribution in [2.75, 3.05) is 19.6 Å². The molecule has 4 heteroatoms. The molecular formula is C15H26N2O2. The monoisotopic (exact) mass is 266 g/mol. The van der Waals surface area contributed by atoms with E-state index in [-0.39, 0.29) is 17.9 Å². The molecular weight excluding hydrogens is 240 g/mol. The van der Waals surface area contributed by atoms with Crippen molar-refractivity contribution in [3.05, 3.63) is 0 Å². The molecule has 0 aliphatic carbocycles. The van der Waals surface area contributed by atoms with Gasteiger partial charge in [0.05, 0.1) is 0 Å². The molecule has 2 fully saturated rings. The maximum atomic E-state index is 12.6. The van der Waals surface area contributed by atoms with Gasteiger partial charge in [0.2, 0.25) is 11.8 Å². The number of carbonyl (C=O) groups excluding carboxylic acids is 2. The summed E-state index contributed by atoms with van der Waals surface area (Å²) in [6.45, 7) is 6.75. The van der Waals surface area contributed by atoms with E-state index in [1.54, 1.807) is 0 Å². The predicted octanol–water partition coefficient (Wildman–Crippen LogP) is 2.04. The van der Waals surface area contributed by atoms with Crippen molar-refractivity contribution in [3.63, 3.8) is 0 Å². The lowest BCUT2D eigenvalue weighted by Gasteiger charge is -2.34. The van der Waals surface area contributed by atoms with Gasteiger partial charge in [-0.3, -0.25) is 9.59 Å². The number of hydrogen-bond donors (Lipinski definition) is 0. The Kier molecular flexibility index (Phi) is 4.83. The Bertz CT molecular complexity index is 335. The van der Waals surface area contributed by atoms with Gasteiger partial charge in [0.15, 0.2) is 0 Å². The van der Waals surface area contributed by atoms with Gasteiger partial charge in [-0.2, -0.15) is 0 Å². The first-order valence-corrected chi connectivity index (χ1v) is 7.71. The SMILES string of the molecule is CCCC(=O)N1CCC[C@H]1C(=O)N1CCC(C)CC1. The Morgan fingerprint density at radius 2 is 1.79 bits per heavy atom. The summed E-state index contributed by atoms with van der Waals surface area (Å²) in [5.74, 6) is 1.07. The van der Waals surface area contributed by atoms with Crippen LogP contribution in [0.1, 0.15) is 52.4 Å². The first-order valence-electron chi connectivity index (χ1n) is 7.71. The van der Waals surface area contributed by atoms with Gasteiger partial charge in [-0.25, -0.2) is 0 Å². The van der Waals surface area contributed by atoms with Gasteiger partial charge in [-0.15, -0.1) is 0 Å². The third kappa shape index (κ3) is 3.28. The van der Waals surface area contributed by atoms with Crippen molar-refractivity contribution < 1.29 is 9.59 Å². The van der Waals surface area contributed by atoms with E-state index in [1.165, 1.54) is 0 Å². The highest BCUT2D eigenvalue weighted by Gasteiger charge is 2.36. The summed E-state index contributed by atoms with van der Waals surface area (Å²) in [5.41, 5.74) is 0. The number of likely N-dealkylation sites (tertiary alicyclic amines) is 2. The highest BCUT2D eigenvalue weighted by atomic mass is 16.2. The first kappa shape index (κ1) is 14.4. The molecule has 2 amide bonds. The summed E-state index contributed by atoms with van der Waals surface area (Å²) >= 11 is 0. The fraction of sp³-hybridized carbons (Fsp3) is 0.867. The van der Waals surface area contributed by atoms with E-state index in [4.69, 9.17) is 0 Å². The quantitative estimate of drug-likeness (QED) is 0.784. The number of piperidine rings is 1. The van der Waals surface area contributed by atoms with E-state index in [1.807, 2.05) is 16.7 Å². The zero-order chi connectivity index (χ0) is 13.8. The summed E-state index contributed by atoms with van der Waals surface area (Å²) in [6, 6.07) is -0.174. The summed E-state index contributed by atoms with van der Waals surface area (Å²) in [5, 5.41) is 0. The summed E-state index contributed by atoms with van der Waals surface area (Å²) in [6.07, 6.45) is 5.44. The van der Waals surface area contributed by atoms with Crippen LogP contribution in [-0.4, -0.2) is 47.3 Å². The molecule has 2 heterocycles. The zero-order valence-electron chi connectivity index (χ0n) is 12.2. The molecule has 0 aromatic heterocycles. The molecule has 0 spiro atoms. The minimum absolute atomic E-state index is 0.156. The van der Waals surface area contributed by atoms with Crippen LogP contribution in [0.4, 0.5) is 0 Å². The molecule has 2 aliphatic heterocycles. The van der Waals surface area contributed by atoms with Crippen molar-refractivity contribution >= 4 is 11.8 Å². The lowest BCUT2D eigenvalue weighted by Crippen LogP contribution is -2.49. The highest BCUT2D eigenvalue weighted by Crippen LogP contribution is 2.23. The smallest absolute Gasteiger partial charge is 0.245 e. The summed E-state index contributed by atoms with van der Waals surface area (Å²) in [4.78, 5) is 28.4. The molecule has 0 saturated carbocycles. The largest absolute Gasteiger partial charge is 0.341 e. The van der Waals surface area contributed by atoms with E-state index >= 15 is 0 Å². The van der Waals surface area contributed by atoms with Crippen LogP contribution in [0.5, 0.6) is 0 Å². The van der Waals surface area contributed by atoms with Crippen LogP contribution in [0.2, 0.25) is 0 Å². The van der Waals surface area contributed by atoms with E-state index in [2.05, 4.69) is 6.92 Å². The minimum atomic E-state index is -0.174. The number of carbonyl (C=O) groups is 2. The Morgan fingerprint density at radius 3 is 2.42 bits per heavy atom. The first-order chi connectivity index (χ1) is 9.13. The second kappa shape index (κ2) is 6.40. The van der Waals surface area contributed by atoms with Gasteiger partial charge in [0, 0.05) is 26.1 Å². The van der Waals surface area contributed by atoms with Gasteiger partial charge in [0.1, 0.15) is 6.04 Å². The van der Waals surface area contributed by atoms with Crippen molar-refractivity contribution in [1.82, 2.24) is 9.80 Å². The Balaban J connectivity index is 1.95. The van der Waals surface area contributed by atoms with E-state index in [0.717, 1.165) is 57.7 Å². The van der Waals surface area contributed by atoms with Crippen LogP contribution >= 0.6 is 0 Å². The molecule has 2 aliphatic rings. The maximum Gasteiger partial charge on any atom is 0.245 e. The molecule has 0 aromatic carbocycles. The van der Waals surface area contributed by atoms with Crippen molar-refractivity contribution in [2.45, 2.75) is 58.4 Å². The summed E-state index contributed by atoms with van der Waals surface area (Å²) < 4.78 is 0. The third-order valence-electron chi connectivity index (χ3n) is 4.42. The molecule has 108 valence electrons. The Morgan fingerprint density at radius 1 is 1.11 bits per heavy atom. The standard InChI is InChI=1S/C15H26N2O2/c1-3-5-14(18)17-9-4-6-13(17)15(19)16-10-7-12(2)8-11-16/h12-13H,3-11H2,1-2H3/t13-/m0/s1. The normalized spacial score (nSPS) is 24.8. The van der Waals surface area contributed by atoms with Crippen LogP contribution in [0.15, 0.2) is 0 Å². The lowest BCUT2D eigenvalue weighted by atomic mass is 9.98. The second-order valence-corrected chi connectivity index (χ2v) is 6.00. The van der Waals surface area contributed by atoms with Crippen LogP contribution in [-0.2, 0) is 9.59 Å². The number of rotatable bonds is 3.